The van der Waals surface area contributed by atoms with Crippen molar-refractivity contribution in [3.63, 3.8) is 0 Å². The van der Waals surface area contributed by atoms with Crippen LogP contribution in [-0.4, -0.2) is 28.5 Å². The molecule has 1 aliphatic rings. The second-order valence-corrected chi connectivity index (χ2v) is 4.72. The van der Waals surface area contributed by atoms with Crippen LogP contribution in [0.2, 0.25) is 0 Å². The molecule has 0 saturated carbocycles. The van der Waals surface area contributed by atoms with E-state index in [9.17, 15) is 4.79 Å². The van der Waals surface area contributed by atoms with Crippen LogP contribution in [0, 0.1) is 6.92 Å². The molecule has 1 aromatic heterocycles. The molecule has 2 heterocycles. The molecule has 2 rings (SSSR count). The fraction of sp³-hybridized carbons (Fsp3) is 0.615. The highest BCUT2D eigenvalue weighted by atomic mass is 16.2. The lowest BCUT2D eigenvalue weighted by Gasteiger charge is -2.15. The van der Waals surface area contributed by atoms with Crippen LogP contribution in [0.5, 0.6) is 0 Å². The first-order valence-electron chi connectivity index (χ1n) is 6.54. The molecule has 2 N–H and O–H groups in total. The molecule has 0 radical (unpaired) electrons. The number of carbonyl (C=O) groups excluding carboxylic acids is 1. The lowest BCUT2D eigenvalue weighted by atomic mass is 10.1. The molecule has 1 atom stereocenters. The van der Waals surface area contributed by atoms with Crippen LogP contribution in [0.3, 0.4) is 0 Å². The number of carbonyl (C=O) groups is 1. The smallest absolute Gasteiger partial charge is 0.237 e. The van der Waals surface area contributed by atoms with Crippen LogP contribution in [0.1, 0.15) is 37.1 Å². The van der Waals surface area contributed by atoms with Gasteiger partial charge in [-0.25, -0.2) is 0 Å². The van der Waals surface area contributed by atoms with Crippen molar-refractivity contribution in [2.45, 2.75) is 45.2 Å². The second kappa shape index (κ2) is 6.44. The van der Waals surface area contributed by atoms with Crippen molar-refractivity contribution in [1.29, 1.82) is 0 Å². The average Bonchev–Trinajstić information content (AvgIpc) is 2.66. The Morgan fingerprint density at radius 3 is 3.06 bits per heavy atom. The maximum atomic E-state index is 12.0. The Kier molecular flexibility index (Phi) is 4.64. The van der Waals surface area contributed by atoms with Crippen molar-refractivity contribution >= 4 is 5.91 Å². The molecule has 5 heteroatoms. The summed E-state index contributed by atoms with van der Waals surface area (Å²) in [7, 11) is 0. The largest absolute Gasteiger partial charge is 0.349 e. The minimum atomic E-state index is -0.0501. The standard InChI is InChI=1S/C13H20N4O/c1-10-7-16-11(8-15-10)9-17-13(18)12-5-3-2-4-6-14-12/h7-8,12,14H,2-6,9H2,1H3,(H,17,18). The van der Waals surface area contributed by atoms with Gasteiger partial charge in [-0.05, 0) is 26.3 Å². The quantitative estimate of drug-likeness (QED) is 0.835. The van der Waals surface area contributed by atoms with E-state index in [-0.39, 0.29) is 11.9 Å². The van der Waals surface area contributed by atoms with Crippen molar-refractivity contribution in [2.24, 2.45) is 0 Å². The Bertz CT molecular complexity index is 382. The fourth-order valence-electron chi connectivity index (χ4n) is 2.06. The van der Waals surface area contributed by atoms with Crippen molar-refractivity contribution in [3.8, 4) is 0 Å². The highest BCUT2D eigenvalue weighted by molar-refractivity contribution is 5.81. The molecule has 1 aromatic rings. The van der Waals surface area contributed by atoms with E-state index >= 15 is 0 Å². The predicted octanol–water partition coefficient (Wildman–Crippen LogP) is 0.933. The molecule has 0 aromatic carbocycles. The first-order valence-corrected chi connectivity index (χ1v) is 6.54. The highest BCUT2D eigenvalue weighted by Gasteiger charge is 2.18. The van der Waals surface area contributed by atoms with E-state index < -0.39 is 0 Å². The molecule has 1 unspecified atom stereocenters. The molecular formula is C13H20N4O. The number of hydrogen-bond acceptors (Lipinski definition) is 4. The monoisotopic (exact) mass is 248 g/mol. The Morgan fingerprint density at radius 2 is 2.28 bits per heavy atom. The van der Waals surface area contributed by atoms with Crippen LogP contribution in [0.4, 0.5) is 0 Å². The summed E-state index contributed by atoms with van der Waals surface area (Å²) >= 11 is 0. The van der Waals surface area contributed by atoms with Gasteiger partial charge in [0.05, 0.1) is 30.2 Å². The normalized spacial score (nSPS) is 20.2. The number of hydrogen-bond donors (Lipinski definition) is 2. The fourth-order valence-corrected chi connectivity index (χ4v) is 2.06. The topological polar surface area (TPSA) is 66.9 Å². The van der Waals surface area contributed by atoms with Gasteiger partial charge >= 0.3 is 0 Å². The maximum Gasteiger partial charge on any atom is 0.237 e. The van der Waals surface area contributed by atoms with Gasteiger partial charge in [-0.3, -0.25) is 14.8 Å². The molecule has 0 aliphatic carbocycles. The van der Waals surface area contributed by atoms with Gasteiger partial charge in [0.25, 0.3) is 0 Å². The molecule has 1 aliphatic heterocycles. The number of amides is 1. The number of rotatable bonds is 3. The van der Waals surface area contributed by atoms with Crippen LogP contribution in [-0.2, 0) is 11.3 Å². The van der Waals surface area contributed by atoms with Crippen LogP contribution >= 0.6 is 0 Å². The van der Waals surface area contributed by atoms with Gasteiger partial charge in [0, 0.05) is 6.20 Å². The first-order chi connectivity index (χ1) is 8.75. The van der Waals surface area contributed by atoms with Crippen LogP contribution in [0.25, 0.3) is 0 Å². The Balaban J connectivity index is 1.81. The predicted molar refractivity (Wildman–Crippen MR) is 68.9 cm³/mol. The average molecular weight is 248 g/mol. The molecule has 18 heavy (non-hydrogen) atoms. The summed E-state index contributed by atoms with van der Waals surface area (Å²) in [5, 5.41) is 6.19. The minimum Gasteiger partial charge on any atom is -0.349 e. The zero-order chi connectivity index (χ0) is 12.8. The zero-order valence-corrected chi connectivity index (χ0v) is 10.8. The third-order valence-electron chi connectivity index (χ3n) is 3.15. The second-order valence-electron chi connectivity index (χ2n) is 4.72. The van der Waals surface area contributed by atoms with Gasteiger partial charge < -0.3 is 10.6 Å². The van der Waals surface area contributed by atoms with Gasteiger partial charge in [0.2, 0.25) is 5.91 Å². The Morgan fingerprint density at radius 1 is 1.39 bits per heavy atom. The summed E-state index contributed by atoms with van der Waals surface area (Å²) in [6.07, 6.45) is 7.83. The number of aryl methyl sites for hydroxylation is 1. The summed E-state index contributed by atoms with van der Waals surface area (Å²) in [6.45, 7) is 3.28. The van der Waals surface area contributed by atoms with Gasteiger partial charge in [0.1, 0.15) is 0 Å². The first kappa shape index (κ1) is 13.0. The SMILES string of the molecule is Cc1cnc(CNC(=O)C2CCCCCN2)cn1. The molecule has 98 valence electrons. The van der Waals surface area contributed by atoms with E-state index in [0.717, 1.165) is 37.2 Å². The third kappa shape index (κ3) is 3.77. The Hall–Kier alpha value is -1.49. The van der Waals surface area contributed by atoms with Crippen molar-refractivity contribution < 1.29 is 4.79 Å². The van der Waals surface area contributed by atoms with Gasteiger partial charge in [0.15, 0.2) is 0 Å². The Labute approximate surface area is 107 Å². The highest BCUT2D eigenvalue weighted by Crippen LogP contribution is 2.08. The van der Waals surface area contributed by atoms with Crippen LogP contribution < -0.4 is 10.6 Å². The molecular weight excluding hydrogens is 228 g/mol. The van der Waals surface area contributed by atoms with Crippen molar-refractivity contribution in [3.05, 3.63) is 23.8 Å². The molecule has 0 bridgehead atoms. The van der Waals surface area contributed by atoms with Gasteiger partial charge in [-0.2, -0.15) is 0 Å². The molecule has 5 nitrogen and oxygen atoms in total. The van der Waals surface area contributed by atoms with Gasteiger partial charge in [-0.15, -0.1) is 0 Å². The van der Waals surface area contributed by atoms with E-state index in [0.29, 0.717) is 6.54 Å². The van der Waals surface area contributed by atoms with Crippen LogP contribution in [0.15, 0.2) is 12.4 Å². The van der Waals surface area contributed by atoms with E-state index in [1.807, 2.05) is 6.92 Å². The number of nitrogens with one attached hydrogen (secondary N) is 2. The maximum absolute atomic E-state index is 12.0. The van der Waals surface area contributed by atoms with E-state index in [1.165, 1.54) is 6.42 Å². The molecule has 1 fully saturated rings. The lowest BCUT2D eigenvalue weighted by molar-refractivity contribution is -0.123. The third-order valence-corrected chi connectivity index (χ3v) is 3.15. The van der Waals surface area contributed by atoms with E-state index in [2.05, 4.69) is 20.6 Å². The molecule has 1 saturated heterocycles. The molecule has 0 spiro atoms. The number of aromatic nitrogens is 2. The minimum absolute atomic E-state index is 0.0501. The summed E-state index contributed by atoms with van der Waals surface area (Å²) in [6, 6.07) is -0.0501. The zero-order valence-electron chi connectivity index (χ0n) is 10.8. The van der Waals surface area contributed by atoms with Gasteiger partial charge in [-0.1, -0.05) is 12.8 Å². The summed E-state index contributed by atoms with van der Waals surface area (Å²) in [4.78, 5) is 20.3. The van der Waals surface area contributed by atoms with E-state index in [4.69, 9.17) is 0 Å². The summed E-state index contributed by atoms with van der Waals surface area (Å²) in [5.41, 5.74) is 1.68. The van der Waals surface area contributed by atoms with Crippen molar-refractivity contribution in [1.82, 2.24) is 20.6 Å². The van der Waals surface area contributed by atoms with Crippen molar-refractivity contribution in [2.75, 3.05) is 6.54 Å². The lowest BCUT2D eigenvalue weighted by Crippen LogP contribution is -2.43. The summed E-state index contributed by atoms with van der Waals surface area (Å²) < 4.78 is 0. The molecule has 1 amide bonds. The summed E-state index contributed by atoms with van der Waals surface area (Å²) in [5.74, 6) is 0.0688. The van der Waals surface area contributed by atoms with E-state index in [1.54, 1.807) is 12.4 Å². The number of nitrogens with zero attached hydrogens (tertiary/aromatic N) is 2.